The lowest BCUT2D eigenvalue weighted by molar-refractivity contribution is -0.137. The molecule has 12 heteroatoms. The van der Waals surface area contributed by atoms with Crippen LogP contribution in [0.3, 0.4) is 0 Å². The van der Waals surface area contributed by atoms with Gasteiger partial charge in [0.2, 0.25) is 11.7 Å². The summed E-state index contributed by atoms with van der Waals surface area (Å²) in [6.07, 6.45) is -2.37. The van der Waals surface area contributed by atoms with Gasteiger partial charge in [-0.1, -0.05) is 23.9 Å². The number of aromatic nitrogens is 3. The topological polar surface area (TPSA) is 72.1 Å². The first-order valence-corrected chi connectivity index (χ1v) is 13.3. The molecule has 6 rings (SSSR count). The van der Waals surface area contributed by atoms with E-state index in [2.05, 4.69) is 26.2 Å². The average Bonchev–Trinajstić information content (AvgIpc) is 3.47. The fraction of sp³-hybridized carbons (Fsp3) is 0.448. The van der Waals surface area contributed by atoms with E-state index in [-0.39, 0.29) is 35.4 Å². The minimum Gasteiger partial charge on any atom is -0.333 e. The minimum atomic E-state index is -4.45. The van der Waals surface area contributed by atoms with E-state index in [1.807, 2.05) is 0 Å². The summed E-state index contributed by atoms with van der Waals surface area (Å²) in [5.41, 5.74) is 0.181. The molecule has 3 aliphatic rings. The predicted molar refractivity (Wildman–Crippen MR) is 138 cm³/mol. The second-order valence-corrected chi connectivity index (χ2v) is 11.0. The predicted octanol–water partition coefficient (Wildman–Crippen LogP) is 7.98. The second-order valence-electron chi connectivity index (χ2n) is 11.0. The third kappa shape index (κ3) is 6.01. The van der Waals surface area contributed by atoms with Gasteiger partial charge >= 0.3 is 12.6 Å². The number of carbonyl (C=O) groups excluding carboxylic acids is 1. The lowest BCUT2D eigenvalue weighted by Gasteiger charge is -2.54. The molecule has 2 bridgehead atoms. The van der Waals surface area contributed by atoms with E-state index in [0.717, 1.165) is 31.5 Å². The summed E-state index contributed by atoms with van der Waals surface area (Å²) in [5, 5.41) is 3.62. The molecule has 2 aromatic heterocycles. The van der Waals surface area contributed by atoms with Crippen LogP contribution in [0.1, 0.15) is 74.9 Å². The zero-order valence-electron chi connectivity index (χ0n) is 22.1. The van der Waals surface area contributed by atoms with Crippen LogP contribution in [0.15, 0.2) is 59.5 Å². The summed E-state index contributed by atoms with van der Waals surface area (Å²) in [6, 6.07) is 9.13. The molecule has 0 N–H and O–H groups in total. The molecule has 6 nitrogen and oxygen atoms in total. The van der Waals surface area contributed by atoms with Gasteiger partial charge in [-0.2, -0.15) is 26.9 Å². The number of benzene rings is 1. The van der Waals surface area contributed by atoms with Crippen LogP contribution in [-0.2, 0) is 16.4 Å². The Labute approximate surface area is 232 Å². The normalized spacial score (nSPS) is 22.2. The van der Waals surface area contributed by atoms with Crippen molar-refractivity contribution in [3.63, 3.8) is 0 Å². The van der Waals surface area contributed by atoms with Crippen LogP contribution >= 0.6 is 0 Å². The number of alkyl halides is 5. The average molecular weight is 579 g/mol. The molecule has 41 heavy (non-hydrogen) atoms. The number of fused-ring (bicyclic) bond motifs is 3. The molecule has 218 valence electrons. The van der Waals surface area contributed by atoms with E-state index in [0.29, 0.717) is 42.8 Å². The maximum atomic E-state index is 13.5. The van der Waals surface area contributed by atoms with Crippen molar-refractivity contribution in [2.45, 2.75) is 69.4 Å². The summed E-state index contributed by atoms with van der Waals surface area (Å²) >= 11 is 0. The monoisotopic (exact) mass is 578 g/mol. The van der Waals surface area contributed by atoms with Crippen LogP contribution in [0, 0.1) is 5.41 Å². The number of amides is 1. The van der Waals surface area contributed by atoms with Crippen molar-refractivity contribution >= 4 is 11.6 Å². The first kappa shape index (κ1) is 28.8. The Kier molecular flexibility index (Phi) is 7.69. The maximum absolute atomic E-state index is 13.5. The second kappa shape index (κ2) is 10.9. The first-order chi connectivity index (χ1) is 19.4. The number of anilines is 1. The molecular formula is C29H28F6N4O2. The van der Waals surface area contributed by atoms with Crippen molar-refractivity contribution in [1.29, 1.82) is 0 Å². The van der Waals surface area contributed by atoms with Crippen molar-refractivity contribution in [3.8, 4) is 11.4 Å². The third-order valence-electron chi connectivity index (χ3n) is 8.48. The van der Waals surface area contributed by atoms with Crippen molar-refractivity contribution in [2.75, 3.05) is 11.4 Å². The van der Waals surface area contributed by atoms with Crippen LogP contribution in [0.25, 0.3) is 11.4 Å². The summed E-state index contributed by atoms with van der Waals surface area (Å²) in [5.74, 6) is -1.78. The van der Waals surface area contributed by atoms with Crippen LogP contribution in [0.5, 0.6) is 0 Å². The molecule has 3 aliphatic carbocycles. The molecule has 3 fully saturated rings. The molecule has 3 aromatic rings. The number of halogens is 6. The Balaban J connectivity index is 1.37. The number of allylic oxidation sites excluding steroid dienone is 1. The lowest BCUT2D eigenvalue weighted by atomic mass is 9.52. The zero-order valence-corrected chi connectivity index (χ0v) is 22.1. The fourth-order valence-corrected chi connectivity index (χ4v) is 6.05. The Bertz CT molecular complexity index is 1390. The Hall–Kier alpha value is -3.70. The quantitative estimate of drug-likeness (QED) is 0.241. The van der Waals surface area contributed by atoms with Crippen LogP contribution in [-0.4, -0.2) is 27.6 Å². The molecule has 3 saturated carbocycles. The Morgan fingerprint density at radius 3 is 2.32 bits per heavy atom. The summed E-state index contributed by atoms with van der Waals surface area (Å²) in [7, 11) is 0. The van der Waals surface area contributed by atoms with Gasteiger partial charge in [-0.3, -0.25) is 9.78 Å². The van der Waals surface area contributed by atoms with Gasteiger partial charge in [0.05, 0.1) is 11.4 Å². The third-order valence-corrected chi connectivity index (χ3v) is 8.48. The summed E-state index contributed by atoms with van der Waals surface area (Å²) < 4.78 is 83.1. The highest BCUT2D eigenvalue weighted by atomic mass is 19.4. The van der Waals surface area contributed by atoms with Gasteiger partial charge in [0.25, 0.3) is 5.89 Å². The van der Waals surface area contributed by atoms with Crippen molar-refractivity contribution < 1.29 is 35.7 Å². The Morgan fingerprint density at radius 2 is 1.76 bits per heavy atom. The molecule has 0 radical (unpaired) electrons. The smallest absolute Gasteiger partial charge is 0.333 e. The van der Waals surface area contributed by atoms with Crippen LogP contribution < -0.4 is 4.90 Å². The number of nitrogens with zero attached hydrogens (tertiary/aromatic N) is 4. The SMILES string of the molecule is C=C(F)CCC(=O)N(CC12CCC(c3ccc(C(F)(F)F)cn3)(CC1)CC2)c1cccc(-c2noc(C(F)F)n2)c1. The van der Waals surface area contributed by atoms with Gasteiger partial charge in [-0.25, -0.2) is 4.39 Å². The molecule has 2 heterocycles. The minimum absolute atomic E-state index is 0.0472. The molecule has 0 aliphatic heterocycles. The molecule has 0 unspecified atom stereocenters. The summed E-state index contributed by atoms with van der Waals surface area (Å²) in [4.78, 5) is 22.9. The fourth-order valence-electron chi connectivity index (χ4n) is 6.05. The molecule has 0 saturated heterocycles. The number of hydrogen-bond donors (Lipinski definition) is 0. The molecule has 0 atom stereocenters. The van der Waals surface area contributed by atoms with Gasteiger partial charge in [0.1, 0.15) is 0 Å². The lowest BCUT2D eigenvalue weighted by Crippen LogP contribution is -2.51. The molecule has 0 spiro atoms. The highest BCUT2D eigenvalue weighted by Crippen LogP contribution is 2.58. The largest absolute Gasteiger partial charge is 0.417 e. The zero-order chi connectivity index (χ0) is 29.4. The molecule has 1 amide bonds. The van der Waals surface area contributed by atoms with E-state index in [1.165, 1.54) is 6.07 Å². The van der Waals surface area contributed by atoms with E-state index in [9.17, 15) is 31.1 Å². The number of pyridine rings is 1. The van der Waals surface area contributed by atoms with Gasteiger partial charge in [0.15, 0.2) is 0 Å². The van der Waals surface area contributed by atoms with Gasteiger partial charge in [0, 0.05) is 47.9 Å². The molecular weight excluding hydrogens is 550 g/mol. The Morgan fingerprint density at radius 1 is 1.05 bits per heavy atom. The van der Waals surface area contributed by atoms with E-state index in [4.69, 9.17) is 0 Å². The van der Waals surface area contributed by atoms with E-state index >= 15 is 0 Å². The van der Waals surface area contributed by atoms with Crippen molar-refractivity contribution in [1.82, 2.24) is 15.1 Å². The maximum Gasteiger partial charge on any atom is 0.417 e. The molecule has 1 aromatic carbocycles. The first-order valence-electron chi connectivity index (χ1n) is 13.3. The number of rotatable bonds is 9. The highest BCUT2D eigenvalue weighted by Gasteiger charge is 2.51. The number of carbonyl (C=O) groups is 1. The van der Waals surface area contributed by atoms with Crippen molar-refractivity contribution in [2.24, 2.45) is 5.41 Å². The summed E-state index contributed by atoms with van der Waals surface area (Å²) in [6.45, 7) is 3.59. The number of hydrogen-bond acceptors (Lipinski definition) is 5. The van der Waals surface area contributed by atoms with Gasteiger partial charge in [-0.15, -0.1) is 0 Å². The van der Waals surface area contributed by atoms with Crippen molar-refractivity contribution in [3.05, 3.63) is 72.1 Å². The van der Waals surface area contributed by atoms with E-state index < -0.39 is 29.9 Å². The standard InChI is InChI=1S/C29H28F6N4O2/c1-18(30)5-8-23(40)39(21-4-2-3-19(15-21)25-37-26(24(31)32)41-38-25)17-27-9-12-28(13-10-27,14-11-27)22-7-6-20(16-36-22)29(33,34)35/h2-4,6-7,15-16,24H,1,5,8-14,17H2. The van der Waals surface area contributed by atoms with Crippen LogP contribution in [0.2, 0.25) is 0 Å². The van der Waals surface area contributed by atoms with E-state index in [1.54, 1.807) is 29.2 Å². The van der Waals surface area contributed by atoms with Gasteiger partial charge in [-0.05, 0) is 68.2 Å². The highest BCUT2D eigenvalue weighted by molar-refractivity contribution is 5.94. The van der Waals surface area contributed by atoms with Gasteiger partial charge < -0.3 is 9.42 Å². The van der Waals surface area contributed by atoms with Crippen LogP contribution in [0.4, 0.5) is 32.0 Å².